The van der Waals surface area contributed by atoms with Gasteiger partial charge in [-0.25, -0.2) is 4.98 Å². The van der Waals surface area contributed by atoms with Gasteiger partial charge in [-0.1, -0.05) is 23.2 Å². The molecular formula is C14H12Cl2N4O. The molecule has 2 aromatic heterocycles. The maximum absolute atomic E-state index is 6.32. The molecule has 3 aromatic rings. The number of benzene rings is 1. The van der Waals surface area contributed by atoms with E-state index in [1.807, 2.05) is 6.92 Å². The molecule has 108 valence electrons. The van der Waals surface area contributed by atoms with Crippen molar-refractivity contribution in [2.75, 3.05) is 12.8 Å². The number of nitrogens with zero attached hydrogens (tertiary/aromatic N) is 3. The SMILES string of the molecule is COc1ccc2nc(N)n(-c3cc(Cl)c(C)cc3Cl)c2n1. The van der Waals surface area contributed by atoms with Crippen molar-refractivity contribution in [1.82, 2.24) is 14.5 Å². The molecule has 1 aromatic carbocycles. The van der Waals surface area contributed by atoms with E-state index in [2.05, 4.69) is 9.97 Å². The van der Waals surface area contributed by atoms with Crippen molar-refractivity contribution in [3.63, 3.8) is 0 Å². The molecule has 0 saturated heterocycles. The Morgan fingerprint density at radius 3 is 2.62 bits per heavy atom. The monoisotopic (exact) mass is 322 g/mol. The molecule has 5 nitrogen and oxygen atoms in total. The van der Waals surface area contributed by atoms with Crippen LogP contribution in [0.15, 0.2) is 24.3 Å². The maximum atomic E-state index is 6.32. The van der Waals surface area contributed by atoms with E-state index in [0.29, 0.717) is 32.8 Å². The van der Waals surface area contributed by atoms with Crippen molar-refractivity contribution in [2.24, 2.45) is 0 Å². The van der Waals surface area contributed by atoms with E-state index in [0.717, 1.165) is 5.56 Å². The number of nitrogen functional groups attached to an aromatic ring is 1. The van der Waals surface area contributed by atoms with Crippen LogP contribution in [-0.4, -0.2) is 21.6 Å². The van der Waals surface area contributed by atoms with E-state index in [-0.39, 0.29) is 5.95 Å². The number of aromatic nitrogens is 3. The first-order chi connectivity index (χ1) is 10.0. The van der Waals surface area contributed by atoms with Crippen LogP contribution in [0.5, 0.6) is 5.88 Å². The van der Waals surface area contributed by atoms with Crippen molar-refractivity contribution in [2.45, 2.75) is 6.92 Å². The van der Waals surface area contributed by atoms with Crippen LogP contribution in [0.3, 0.4) is 0 Å². The number of methoxy groups -OCH3 is 1. The normalized spacial score (nSPS) is 11.0. The molecule has 2 N–H and O–H groups in total. The Morgan fingerprint density at radius 2 is 1.90 bits per heavy atom. The zero-order valence-corrected chi connectivity index (χ0v) is 12.9. The van der Waals surface area contributed by atoms with E-state index >= 15 is 0 Å². The lowest BCUT2D eigenvalue weighted by molar-refractivity contribution is 0.399. The highest BCUT2D eigenvalue weighted by molar-refractivity contribution is 6.35. The number of rotatable bonds is 2. The van der Waals surface area contributed by atoms with Crippen molar-refractivity contribution in [3.05, 3.63) is 39.9 Å². The fraction of sp³-hybridized carbons (Fsp3) is 0.143. The lowest BCUT2D eigenvalue weighted by Gasteiger charge is -2.10. The Kier molecular flexibility index (Phi) is 3.39. The molecule has 0 aliphatic carbocycles. The minimum absolute atomic E-state index is 0.285. The summed E-state index contributed by atoms with van der Waals surface area (Å²) in [5, 5.41) is 1.12. The highest BCUT2D eigenvalue weighted by atomic mass is 35.5. The van der Waals surface area contributed by atoms with Crippen LogP contribution in [0, 0.1) is 6.92 Å². The molecule has 0 radical (unpaired) electrons. The summed E-state index contributed by atoms with van der Waals surface area (Å²) in [5.41, 5.74) is 8.74. The average molecular weight is 323 g/mol. The third-order valence-electron chi connectivity index (χ3n) is 3.18. The Morgan fingerprint density at radius 1 is 1.14 bits per heavy atom. The van der Waals surface area contributed by atoms with Gasteiger partial charge in [-0.05, 0) is 30.7 Å². The summed E-state index contributed by atoms with van der Waals surface area (Å²) in [6.45, 7) is 1.88. The predicted molar refractivity (Wildman–Crippen MR) is 84.6 cm³/mol. The van der Waals surface area contributed by atoms with Crippen molar-refractivity contribution in [3.8, 4) is 11.6 Å². The molecule has 0 aliphatic heterocycles. The second-order valence-electron chi connectivity index (χ2n) is 4.55. The van der Waals surface area contributed by atoms with Crippen LogP contribution >= 0.6 is 23.2 Å². The molecule has 3 rings (SSSR count). The van der Waals surface area contributed by atoms with Gasteiger partial charge in [-0.3, -0.25) is 4.57 Å². The number of imidazole rings is 1. The number of ether oxygens (including phenoxy) is 1. The van der Waals surface area contributed by atoms with Gasteiger partial charge in [0.2, 0.25) is 11.8 Å². The van der Waals surface area contributed by atoms with Crippen molar-refractivity contribution >= 4 is 40.3 Å². The zero-order chi connectivity index (χ0) is 15.1. The first kappa shape index (κ1) is 14.0. The molecule has 0 atom stereocenters. The average Bonchev–Trinajstić information content (AvgIpc) is 2.78. The predicted octanol–water partition coefficient (Wildman–Crippen LogP) is 3.63. The third kappa shape index (κ3) is 2.28. The van der Waals surface area contributed by atoms with E-state index in [1.165, 1.54) is 0 Å². The summed E-state index contributed by atoms with van der Waals surface area (Å²) in [7, 11) is 1.55. The van der Waals surface area contributed by atoms with Gasteiger partial charge in [0.15, 0.2) is 5.65 Å². The third-order valence-corrected chi connectivity index (χ3v) is 3.89. The molecule has 0 aliphatic rings. The van der Waals surface area contributed by atoms with Gasteiger partial charge in [0.1, 0.15) is 5.52 Å². The second-order valence-corrected chi connectivity index (χ2v) is 5.37. The van der Waals surface area contributed by atoms with Gasteiger partial charge in [0.05, 0.1) is 17.8 Å². The Bertz CT molecular complexity index is 845. The van der Waals surface area contributed by atoms with Crippen molar-refractivity contribution < 1.29 is 4.74 Å². The second kappa shape index (κ2) is 5.09. The molecule has 0 bridgehead atoms. The number of aryl methyl sites for hydroxylation is 1. The zero-order valence-electron chi connectivity index (χ0n) is 11.4. The van der Waals surface area contributed by atoms with E-state index in [9.17, 15) is 0 Å². The van der Waals surface area contributed by atoms with Crippen molar-refractivity contribution in [1.29, 1.82) is 0 Å². The molecule has 2 heterocycles. The number of anilines is 1. The number of pyridine rings is 1. The van der Waals surface area contributed by atoms with Crippen LogP contribution in [0.25, 0.3) is 16.9 Å². The fourth-order valence-corrected chi connectivity index (χ4v) is 2.58. The minimum atomic E-state index is 0.285. The van der Waals surface area contributed by atoms with Crippen LogP contribution in [0.2, 0.25) is 10.0 Å². The van der Waals surface area contributed by atoms with Gasteiger partial charge in [-0.15, -0.1) is 0 Å². The molecular weight excluding hydrogens is 311 g/mol. The van der Waals surface area contributed by atoms with Gasteiger partial charge >= 0.3 is 0 Å². The standard InChI is InChI=1S/C14H12Cl2N4O/c1-7-5-9(16)11(6-8(7)15)20-13-10(18-14(20)17)3-4-12(19-13)21-2/h3-6H,1-2H3,(H2,17,18). The Balaban J connectivity index is 2.34. The van der Waals surface area contributed by atoms with Gasteiger partial charge in [0.25, 0.3) is 0 Å². The number of nitrogens with two attached hydrogens (primary N) is 1. The summed E-state index contributed by atoms with van der Waals surface area (Å²) in [4.78, 5) is 8.66. The molecule has 0 saturated carbocycles. The maximum Gasteiger partial charge on any atom is 0.215 e. The number of hydrogen-bond acceptors (Lipinski definition) is 4. The smallest absolute Gasteiger partial charge is 0.215 e. The Hall–Kier alpha value is -1.98. The highest BCUT2D eigenvalue weighted by Gasteiger charge is 2.16. The fourth-order valence-electron chi connectivity index (χ4n) is 2.12. The van der Waals surface area contributed by atoms with E-state index < -0.39 is 0 Å². The summed E-state index contributed by atoms with van der Waals surface area (Å²) in [6.07, 6.45) is 0. The van der Waals surface area contributed by atoms with E-state index in [4.69, 9.17) is 33.7 Å². The topological polar surface area (TPSA) is 66.0 Å². The molecule has 21 heavy (non-hydrogen) atoms. The van der Waals surface area contributed by atoms with Gasteiger partial charge < -0.3 is 10.5 Å². The summed E-state index contributed by atoms with van der Waals surface area (Å²) >= 11 is 12.5. The molecule has 7 heteroatoms. The highest BCUT2D eigenvalue weighted by Crippen LogP contribution is 2.32. The number of halogens is 2. The first-order valence-corrected chi connectivity index (χ1v) is 6.92. The summed E-state index contributed by atoms with van der Waals surface area (Å²) < 4.78 is 6.80. The van der Waals surface area contributed by atoms with Crippen LogP contribution < -0.4 is 10.5 Å². The van der Waals surface area contributed by atoms with E-state index in [1.54, 1.807) is 35.9 Å². The first-order valence-electron chi connectivity index (χ1n) is 6.16. The molecule has 0 unspecified atom stereocenters. The number of fused-ring (bicyclic) bond motifs is 1. The number of hydrogen-bond donors (Lipinski definition) is 1. The summed E-state index contributed by atoms with van der Waals surface area (Å²) in [5.74, 6) is 0.755. The largest absolute Gasteiger partial charge is 0.481 e. The van der Waals surface area contributed by atoms with Crippen LogP contribution in [-0.2, 0) is 0 Å². The lowest BCUT2D eigenvalue weighted by Crippen LogP contribution is -2.03. The van der Waals surface area contributed by atoms with Crippen LogP contribution in [0.4, 0.5) is 5.95 Å². The molecule has 0 spiro atoms. The quantitative estimate of drug-likeness (QED) is 0.782. The lowest BCUT2D eigenvalue weighted by atomic mass is 10.2. The minimum Gasteiger partial charge on any atom is -0.481 e. The van der Waals surface area contributed by atoms with Gasteiger partial charge in [0, 0.05) is 11.1 Å². The molecule has 0 amide bonds. The Labute approximate surface area is 131 Å². The summed E-state index contributed by atoms with van der Waals surface area (Å²) in [6, 6.07) is 7.04. The van der Waals surface area contributed by atoms with Crippen LogP contribution in [0.1, 0.15) is 5.56 Å². The van der Waals surface area contributed by atoms with Gasteiger partial charge in [-0.2, -0.15) is 4.98 Å². The molecule has 0 fully saturated rings.